The summed E-state index contributed by atoms with van der Waals surface area (Å²) in [6.07, 6.45) is 1.63. The van der Waals surface area contributed by atoms with Gasteiger partial charge in [0.05, 0.1) is 12.7 Å². The van der Waals surface area contributed by atoms with Crippen LogP contribution >= 0.6 is 0 Å². The van der Waals surface area contributed by atoms with Gasteiger partial charge in [0.15, 0.2) is 0 Å². The van der Waals surface area contributed by atoms with E-state index >= 15 is 0 Å². The molecule has 0 unspecified atom stereocenters. The Kier molecular flexibility index (Phi) is 4.69. The van der Waals surface area contributed by atoms with Crippen LogP contribution in [-0.4, -0.2) is 38.0 Å². The molecule has 1 saturated carbocycles. The summed E-state index contributed by atoms with van der Waals surface area (Å²) in [6, 6.07) is 7.66. The van der Waals surface area contributed by atoms with Gasteiger partial charge in [0.25, 0.3) is 11.5 Å². The molecule has 2 N–H and O–H groups in total. The summed E-state index contributed by atoms with van der Waals surface area (Å²) >= 11 is 0. The van der Waals surface area contributed by atoms with Gasteiger partial charge >= 0.3 is 5.69 Å². The van der Waals surface area contributed by atoms with E-state index in [1.54, 1.807) is 18.2 Å². The van der Waals surface area contributed by atoms with Crippen molar-refractivity contribution in [1.82, 2.24) is 9.13 Å². The molecular formula is C18H20N2O5. The first-order valence-corrected chi connectivity index (χ1v) is 8.19. The zero-order valence-corrected chi connectivity index (χ0v) is 13.8. The average molecular weight is 344 g/mol. The highest BCUT2D eigenvalue weighted by atomic mass is 16.3. The Balaban J connectivity index is 2.15. The van der Waals surface area contributed by atoms with Crippen molar-refractivity contribution in [3.05, 3.63) is 68.5 Å². The van der Waals surface area contributed by atoms with E-state index < -0.39 is 35.2 Å². The molecule has 1 aromatic heterocycles. The first-order valence-electron chi connectivity index (χ1n) is 8.19. The van der Waals surface area contributed by atoms with Crippen molar-refractivity contribution < 1.29 is 15.0 Å². The number of rotatable bonds is 3. The number of aliphatic hydroxyl groups excluding tert-OH is 2. The van der Waals surface area contributed by atoms with Crippen LogP contribution in [0, 0.1) is 12.8 Å². The molecule has 0 amide bonds. The molecule has 1 aromatic carbocycles. The van der Waals surface area contributed by atoms with Crippen LogP contribution in [0.2, 0.25) is 0 Å². The van der Waals surface area contributed by atoms with Crippen molar-refractivity contribution in [3.63, 3.8) is 0 Å². The molecule has 7 heteroatoms. The van der Waals surface area contributed by atoms with Crippen LogP contribution in [-0.2, 0) is 0 Å². The predicted molar refractivity (Wildman–Crippen MR) is 90.7 cm³/mol. The topological polar surface area (TPSA) is 102 Å². The maximum absolute atomic E-state index is 12.9. The zero-order valence-electron chi connectivity index (χ0n) is 13.8. The molecule has 0 saturated heterocycles. The monoisotopic (exact) mass is 344 g/mol. The number of hydrogen-bond acceptors (Lipinski definition) is 5. The summed E-state index contributed by atoms with van der Waals surface area (Å²) in [4.78, 5) is 37.9. The molecule has 132 valence electrons. The van der Waals surface area contributed by atoms with Gasteiger partial charge < -0.3 is 10.2 Å². The molecule has 0 radical (unpaired) electrons. The first kappa shape index (κ1) is 17.3. The summed E-state index contributed by atoms with van der Waals surface area (Å²) in [5, 5.41) is 19.5. The van der Waals surface area contributed by atoms with E-state index in [9.17, 15) is 24.6 Å². The molecule has 0 aliphatic heterocycles. The van der Waals surface area contributed by atoms with Gasteiger partial charge in [0, 0.05) is 29.3 Å². The molecule has 3 atom stereocenters. The van der Waals surface area contributed by atoms with Crippen molar-refractivity contribution in [1.29, 1.82) is 0 Å². The summed E-state index contributed by atoms with van der Waals surface area (Å²) in [5.74, 6) is -1.19. The highest BCUT2D eigenvalue weighted by Gasteiger charge is 2.37. The summed E-state index contributed by atoms with van der Waals surface area (Å²) < 4.78 is 1.93. The molecule has 3 rings (SSSR count). The number of carbonyl (C=O) groups is 1. The first-order chi connectivity index (χ1) is 12.0. The zero-order chi connectivity index (χ0) is 18.1. The average Bonchev–Trinajstić information content (AvgIpc) is 2.99. The van der Waals surface area contributed by atoms with Crippen LogP contribution in [0.1, 0.15) is 34.8 Å². The standard InChI is InChI=1S/C18H20N2O5/c1-11-9-19(14-7-8-15(22)13(14)10-21)18(25)20(16(11)23)17(24)12-5-3-2-4-6-12/h2-6,9,13-15,21-22H,7-8,10H2,1H3/t13-,14-,15-/m0/s1. The lowest BCUT2D eigenvalue weighted by Gasteiger charge is -2.23. The number of benzene rings is 1. The number of hydrogen-bond donors (Lipinski definition) is 2. The number of aromatic nitrogens is 2. The van der Waals surface area contributed by atoms with E-state index in [0.717, 1.165) is 0 Å². The lowest BCUT2D eigenvalue weighted by molar-refractivity contribution is 0.0727. The van der Waals surface area contributed by atoms with Gasteiger partial charge in [-0.3, -0.25) is 14.2 Å². The van der Waals surface area contributed by atoms with E-state index in [0.29, 0.717) is 17.4 Å². The molecule has 25 heavy (non-hydrogen) atoms. The lowest BCUT2D eigenvalue weighted by atomic mass is 10.0. The van der Waals surface area contributed by atoms with Gasteiger partial charge in [-0.05, 0) is 31.9 Å². The Bertz CT molecular complexity index is 900. The minimum absolute atomic E-state index is 0.240. The van der Waals surface area contributed by atoms with Gasteiger partial charge in [0.2, 0.25) is 0 Å². The van der Waals surface area contributed by atoms with Gasteiger partial charge in [-0.1, -0.05) is 18.2 Å². The minimum Gasteiger partial charge on any atom is -0.396 e. The Morgan fingerprint density at radius 3 is 2.52 bits per heavy atom. The second-order valence-corrected chi connectivity index (χ2v) is 6.37. The van der Waals surface area contributed by atoms with Gasteiger partial charge in [0.1, 0.15) is 0 Å². The number of nitrogens with zero attached hydrogens (tertiary/aromatic N) is 2. The smallest absolute Gasteiger partial charge is 0.338 e. The van der Waals surface area contributed by atoms with Crippen LogP contribution in [0.4, 0.5) is 0 Å². The Hall–Kier alpha value is -2.51. The second-order valence-electron chi connectivity index (χ2n) is 6.37. The van der Waals surface area contributed by atoms with E-state index in [-0.39, 0.29) is 17.7 Å². The number of carbonyl (C=O) groups excluding carboxylic acids is 1. The number of aryl methyl sites for hydroxylation is 1. The van der Waals surface area contributed by atoms with Gasteiger partial charge in [-0.2, -0.15) is 4.57 Å². The summed E-state index contributed by atoms with van der Waals surface area (Å²) in [7, 11) is 0. The third-order valence-corrected chi connectivity index (χ3v) is 4.82. The van der Waals surface area contributed by atoms with Crippen molar-refractivity contribution in [2.24, 2.45) is 5.92 Å². The number of aliphatic hydroxyl groups is 2. The van der Waals surface area contributed by atoms with Gasteiger partial charge in [-0.15, -0.1) is 0 Å². The molecule has 7 nitrogen and oxygen atoms in total. The normalized spacial score (nSPS) is 22.9. The molecule has 2 aromatic rings. The third kappa shape index (κ3) is 2.96. The lowest BCUT2D eigenvalue weighted by Crippen LogP contribution is -2.46. The molecule has 1 aliphatic rings. The Labute approximate surface area is 143 Å². The second kappa shape index (κ2) is 6.78. The largest absolute Gasteiger partial charge is 0.396 e. The molecule has 1 aliphatic carbocycles. The fourth-order valence-corrected chi connectivity index (χ4v) is 3.44. The molecule has 1 heterocycles. The van der Waals surface area contributed by atoms with Crippen LogP contribution in [0.5, 0.6) is 0 Å². The Morgan fingerprint density at radius 2 is 1.88 bits per heavy atom. The fraction of sp³-hybridized carbons (Fsp3) is 0.389. The summed E-state index contributed by atoms with van der Waals surface area (Å²) in [5.41, 5.74) is -0.915. The fourth-order valence-electron chi connectivity index (χ4n) is 3.44. The SMILES string of the molecule is Cc1cn([C@H]2CC[C@H](O)[C@H]2CO)c(=O)n(C(=O)c2ccccc2)c1=O. The Morgan fingerprint density at radius 1 is 1.20 bits per heavy atom. The molecule has 0 spiro atoms. The van der Waals surface area contributed by atoms with Crippen molar-refractivity contribution >= 4 is 5.91 Å². The van der Waals surface area contributed by atoms with Crippen LogP contribution < -0.4 is 11.2 Å². The maximum atomic E-state index is 12.9. The quantitative estimate of drug-likeness (QED) is 0.834. The summed E-state index contributed by atoms with van der Waals surface area (Å²) in [6.45, 7) is 1.26. The van der Waals surface area contributed by atoms with Crippen molar-refractivity contribution in [2.45, 2.75) is 31.9 Å². The maximum Gasteiger partial charge on any atom is 0.338 e. The van der Waals surface area contributed by atoms with E-state index in [1.165, 1.54) is 29.8 Å². The highest BCUT2D eigenvalue weighted by Crippen LogP contribution is 2.34. The van der Waals surface area contributed by atoms with Gasteiger partial charge in [-0.25, -0.2) is 4.79 Å². The van der Waals surface area contributed by atoms with E-state index in [4.69, 9.17) is 0 Å². The van der Waals surface area contributed by atoms with Crippen molar-refractivity contribution in [2.75, 3.05) is 6.61 Å². The predicted octanol–water partition coefficient (Wildman–Crippen LogP) is 0.311. The highest BCUT2D eigenvalue weighted by molar-refractivity contribution is 5.95. The van der Waals surface area contributed by atoms with Crippen LogP contribution in [0.15, 0.2) is 46.1 Å². The van der Waals surface area contributed by atoms with Crippen LogP contribution in [0.25, 0.3) is 0 Å². The van der Waals surface area contributed by atoms with E-state index in [1.807, 2.05) is 0 Å². The van der Waals surface area contributed by atoms with Crippen molar-refractivity contribution in [3.8, 4) is 0 Å². The van der Waals surface area contributed by atoms with Crippen LogP contribution in [0.3, 0.4) is 0 Å². The molecular weight excluding hydrogens is 324 g/mol. The molecule has 0 bridgehead atoms. The molecule has 1 fully saturated rings. The van der Waals surface area contributed by atoms with E-state index in [2.05, 4.69) is 0 Å². The third-order valence-electron chi connectivity index (χ3n) is 4.82. The minimum atomic E-state index is -0.748.